The van der Waals surface area contributed by atoms with Crippen LogP contribution in [0.25, 0.3) is 10.8 Å². The van der Waals surface area contributed by atoms with Crippen LogP contribution in [0.1, 0.15) is 22.3 Å². The summed E-state index contributed by atoms with van der Waals surface area (Å²) in [5.41, 5.74) is 0.656. The van der Waals surface area contributed by atoms with Gasteiger partial charge in [0.05, 0.1) is 17.7 Å². The number of hydrogen-bond acceptors (Lipinski definition) is 6. The summed E-state index contributed by atoms with van der Waals surface area (Å²) >= 11 is 1.27. The van der Waals surface area contributed by atoms with Crippen LogP contribution >= 0.6 is 11.3 Å². The van der Waals surface area contributed by atoms with Crippen molar-refractivity contribution in [3.63, 3.8) is 0 Å². The van der Waals surface area contributed by atoms with Crippen LogP contribution in [0.3, 0.4) is 0 Å². The van der Waals surface area contributed by atoms with Gasteiger partial charge in [-0.1, -0.05) is 0 Å². The lowest BCUT2D eigenvalue weighted by molar-refractivity contribution is 0.0789. The molecule has 0 saturated carbocycles. The zero-order valence-electron chi connectivity index (χ0n) is 12.1. The molecule has 2 aromatic heterocycles. The van der Waals surface area contributed by atoms with E-state index in [1.807, 2.05) is 0 Å². The van der Waals surface area contributed by atoms with E-state index in [1.165, 1.54) is 11.3 Å². The molecule has 0 aliphatic heterocycles. The van der Waals surface area contributed by atoms with Crippen LogP contribution < -0.4 is 0 Å². The first-order chi connectivity index (χ1) is 10.0. The summed E-state index contributed by atoms with van der Waals surface area (Å²) in [5.74, 6) is 0.177. The Kier molecular flexibility index (Phi) is 4.60. The van der Waals surface area contributed by atoms with Crippen LogP contribution in [0.4, 0.5) is 0 Å². The van der Waals surface area contributed by atoms with Crippen LogP contribution in [-0.2, 0) is 0 Å². The molecule has 0 aliphatic rings. The van der Waals surface area contributed by atoms with Crippen molar-refractivity contribution < 1.29 is 4.79 Å². The zero-order valence-corrected chi connectivity index (χ0v) is 12.9. The average Bonchev–Trinajstić information content (AvgIpc) is 2.89. The molecule has 6 nitrogen and oxygen atoms in total. The monoisotopic (exact) mass is 301 g/mol. The maximum absolute atomic E-state index is 12.4. The highest BCUT2D eigenvalue weighted by molar-refractivity contribution is 7.17. The third-order valence-electron chi connectivity index (χ3n) is 2.86. The number of amides is 1. The third-order valence-corrected chi connectivity index (χ3v) is 4.00. The molecular weight excluding hydrogens is 286 g/mol. The van der Waals surface area contributed by atoms with E-state index < -0.39 is 0 Å². The molecule has 0 aliphatic carbocycles. The van der Waals surface area contributed by atoms with Gasteiger partial charge in [0.15, 0.2) is 10.8 Å². The molecule has 0 radical (unpaired) electrons. The van der Waals surface area contributed by atoms with Crippen molar-refractivity contribution in [2.24, 2.45) is 5.92 Å². The highest BCUT2D eigenvalue weighted by atomic mass is 32.1. The minimum atomic E-state index is -0.205. The molecule has 0 fully saturated rings. The standard InChI is InChI=1S/C14H15N5OS/c1-9(7-15)8-19(3)14(20)11-10(2)18-13(21-11)12-16-5-4-6-17-12/h4-6,9H,8H2,1-3H3. The molecule has 0 spiro atoms. The SMILES string of the molecule is Cc1nc(-c2ncccn2)sc1C(=O)N(C)CC(C)C#N. The van der Waals surface area contributed by atoms with E-state index in [1.54, 1.807) is 44.3 Å². The Hall–Kier alpha value is -2.33. The summed E-state index contributed by atoms with van der Waals surface area (Å²) in [4.78, 5) is 27.2. The Morgan fingerprint density at radius 3 is 2.76 bits per heavy atom. The Morgan fingerprint density at radius 2 is 2.14 bits per heavy atom. The van der Waals surface area contributed by atoms with Crippen molar-refractivity contribution in [2.75, 3.05) is 13.6 Å². The van der Waals surface area contributed by atoms with E-state index in [0.717, 1.165) is 0 Å². The van der Waals surface area contributed by atoms with Crippen LogP contribution in [0, 0.1) is 24.2 Å². The normalized spacial score (nSPS) is 11.7. The van der Waals surface area contributed by atoms with Crippen molar-refractivity contribution >= 4 is 17.2 Å². The van der Waals surface area contributed by atoms with Crippen molar-refractivity contribution in [3.05, 3.63) is 29.0 Å². The largest absolute Gasteiger partial charge is 0.340 e. The van der Waals surface area contributed by atoms with E-state index in [-0.39, 0.29) is 11.8 Å². The molecular formula is C14H15N5OS. The lowest BCUT2D eigenvalue weighted by Gasteiger charge is -2.17. The molecule has 2 rings (SSSR count). The Morgan fingerprint density at radius 1 is 1.48 bits per heavy atom. The first-order valence-electron chi connectivity index (χ1n) is 6.42. The summed E-state index contributed by atoms with van der Waals surface area (Å²) in [6.45, 7) is 3.97. The molecule has 108 valence electrons. The van der Waals surface area contributed by atoms with E-state index in [0.29, 0.717) is 27.9 Å². The summed E-state index contributed by atoms with van der Waals surface area (Å²) < 4.78 is 0. The van der Waals surface area contributed by atoms with Gasteiger partial charge in [-0.05, 0) is 19.9 Å². The number of carbonyl (C=O) groups is 1. The number of nitrogens with zero attached hydrogens (tertiary/aromatic N) is 5. The van der Waals surface area contributed by atoms with E-state index in [9.17, 15) is 4.79 Å². The molecule has 0 N–H and O–H groups in total. The second-order valence-corrected chi connectivity index (χ2v) is 5.72. The van der Waals surface area contributed by atoms with Gasteiger partial charge in [-0.15, -0.1) is 11.3 Å². The molecule has 0 bridgehead atoms. The van der Waals surface area contributed by atoms with E-state index >= 15 is 0 Å². The van der Waals surface area contributed by atoms with Gasteiger partial charge in [0.1, 0.15) is 4.88 Å². The molecule has 1 atom stereocenters. The number of carbonyl (C=O) groups excluding carboxylic acids is 1. The van der Waals surface area contributed by atoms with Crippen molar-refractivity contribution in [3.8, 4) is 16.9 Å². The Bertz CT molecular complexity index is 676. The summed E-state index contributed by atoms with van der Waals surface area (Å²) in [5, 5.41) is 9.45. The lowest BCUT2D eigenvalue weighted by Crippen LogP contribution is -2.30. The minimum absolute atomic E-state index is 0.130. The summed E-state index contributed by atoms with van der Waals surface area (Å²) in [6.07, 6.45) is 3.28. The number of aromatic nitrogens is 3. The molecule has 2 aromatic rings. The smallest absolute Gasteiger partial charge is 0.265 e. The van der Waals surface area contributed by atoms with Crippen LogP contribution in [0.15, 0.2) is 18.5 Å². The van der Waals surface area contributed by atoms with Crippen molar-refractivity contribution in [1.29, 1.82) is 5.26 Å². The fourth-order valence-corrected chi connectivity index (χ4v) is 2.82. The van der Waals surface area contributed by atoms with E-state index in [2.05, 4.69) is 21.0 Å². The quantitative estimate of drug-likeness (QED) is 0.864. The van der Waals surface area contributed by atoms with Crippen molar-refractivity contribution in [1.82, 2.24) is 19.9 Å². The topological polar surface area (TPSA) is 82.8 Å². The van der Waals surface area contributed by atoms with Gasteiger partial charge in [-0.2, -0.15) is 5.26 Å². The first-order valence-corrected chi connectivity index (χ1v) is 7.24. The molecule has 2 heterocycles. The number of aryl methyl sites for hydroxylation is 1. The number of thiazole rings is 1. The van der Waals surface area contributed by atoms with Crippen molar-refractivity contribution in [2.45, 2.75) is 13.8 Å². The third kappa shape index (κ3) is 3.41. The van der Waals surface area contributed by atoms with Gasteiger partial charge in [-0.3, -0.25) is 4.79 Å². The summed E-state index contributed by atoms with van der Waals surface area (Å²) in [6, 6.07) is 3.85. The molecule has 7 heteroatoms. The predicted molar refractivity (Wildman–Crippen MR) is 79.6 cm³/mol. The fourth-order valence-electron chi connectivity index (χ4n) is 1.81. The summed E-state index contributed by atoms with van der Waals surface area (Å²) in [7, 11) is 1.69. The van der Waals surface area contributed by atoms with Gasteiger partial charge in [-0.25, -0.2) is 15.0 Å². The molecule has 1 unspecified atom stereocenters. The second-order valence-electron chi connectivity index (χ2n) is 4.72. The Balaban J connectivity index is 2.23. The van der Waals surface area contributed by atoms with Crippen LogP contribution in [0.5, 0.6) is 0 Å². The van der Waals surface area contributed by atoms with Gasteiger partial charge in [0, 0.05) is 26.0 Å². The molecule has 21 heavy (non-hydrogen) atoms. The van der Waals surface area contributed by atoms with Gasteiger partial charge in [0.25, 0.3) is 5.91 Å². The maximum Gasteiger partial charge on any atom is 0.265 e. The molecule has 0 aromatic carbocycles. The first kappa shape index (κ1) is 15.1. The molecule has 1 amide bonds. The minimum Gasteiger partial charge on any atom is -0.340 e. The predicted octanol–water partition coefficient (Wildman–Crippen LogP) is 2.14. The zero-order chi connectivity index (χ0) is 15.4. The van der Waals surface area contributed by atoms with Gasteiger partial charge < -0.3 is 4.90 Å². The van der Waals surface area contributed by atoms with Crippen LogP contribution in [-0.4, -0.2) is 39.4 Å². The fraction of sp³-hybridized carbons (Fsp3) is 0.357. The Labute approximate surface area is 127 Å². The van der Waals surface area contributed by atoms with Crippen LogP contribution in [0.2, 0.25) is 0 Å². The van der Waals surface area contributed by atoms with E-state index in [4.69, 9.17) is 5.26 Å². The maximum atomic E-state index is 12.4. The highest BCUT2D eigenvalue weighted by Crippen LogP contribution is 2.26. The number of hydrogen-bond donors (Lipinski definition) is 0. The molecule has 0 saturated heterocycles. The average molecular weight is 301 g/mol. The van der Waals surface area contributed by atoms with Gasteiger partial charge in [0.2, 0.25) is 0 Å². The second kappa shape index (κ2) is 6.41. The highest BCUT2D eigenvalue weighted by Gasteiger charge is 2.21. The van der Waals surface area contributed by atoms with Gasteiger partial charge >= 0.3 is 0 Å². The lowest BCUT2D eigenvalue weighted by atomic mass is 10.2. The number of nitriles is 1. The number of rotatable bonds is 4.